The molecule has 2 N–H and O–H groups in total. The maximum atomic E-state index is 12.2. The summed E-state index contributed by atoms with van der Waals surface area (Å²) in [5, 5.41) is 6.22. The Labute approximate surface area is 109 Å². The highest BCUT2D eigenvalue weighted by Gasteiger charge is 2.20. The van der Waals surface area contributed by atoms with Crippen LogP contribution in [0.2, 0.25) is 0 Å². The van der Waals surface area contributed by atoms with Gasteiger partial charge in [0.15, 0.2) is 0 Å². The van der Waals surface area contributed by atoms with Crippen molar-refractivity contribution >= 4 is 11.6 Å². The zero-order valence-corrected chi connectivity index (χ0v) is 11.9. The Balaban J connectivity index is 2.98. The van der Waals surface area contributed by atoms with E-state index in [1.54, 1.807) is 6.20 Å². The Morgan fingerprint density at radius 1 is 1.39 bits per heavy atom. The van der Waals surface area contributed by atoms with E-state index in [2.05, 4.69) is 22.5 Å². The summed E-state index contributed by atoms with van der Waals surface area (Å²) >= 11 is 0. The van der Waals surface area contributed by atoms with Crippen LogP contribution in [0.4, 0.5) is 5.69 Å². The summed E-state index contributed by atoms with van der Waals surface area (Å²) in [5.41, 5.74) is 2.14. The van der Waals surface area contributed by atoms with Gasteiger partial charge in [0.1, 0.15) is 0 Å². The highest BCUT2D eigenvalue weighted by atomic mass is 16.1. The Kier molecular flexibility index (Phi) is 4.70. The number of rotatable bonds is 5. The van der Waals surface area contributed by atoms with Crippen LogP contribution in [-0.4, -0.2) is 23.0 Å². The molecule has 4 heteroatoms. The quantitative estimate of drug-likeness (QED) is 0.843. The molecule has 0 aromatic carbocycles. The lowest BCUT2D eigenvalue weighted by Gasteiger charge is -2.25. The summed E-state index contributed by atoms with van der Waals surface area (Å²) in [6.07, 6.45) is 2.52. The van der Waals surface area contributed by atoms with Gasteiger partial charge >= 0.3 is 0 Å². The Bertz CT molecular complexity index is 427. The third-order valence-corrected chi connectivity index (χ3v) is 2.99. The lowest BCUT2D eigenvalue weighted by Crippen LogP contribution is -2.43. The van der Waals surface area contributed by atoms with Crippen LogP contribution >= 0.6 is 0 Å². The van der Waals surface area contributed by atoms with E-state index >= 15 is 0 Å². The van der Waals surface area contributed by atoms with Crippen molar-refractivity contribution < 1.29 is 4.79 Å². The summed E-state index contributed by atoms with van der Waals surface area (Å²) in [6.45, 7) is 10.8. The molecule has 0 unspecified atom stereocenters. The summed E-state index contributed by atoms with van der Waals surface area (Å²) in [7, 11) is 0. The van der Waals surface area contributed by atoms with Gasteiger partial charge in [-0.15, -0.1) is 0 Å². The fourth-order valence-electron chi connectivity index (χ4n) is 1.54. The molecule has 0 bridgehead atoms. The zero-order chi connectivity index (χ0) is 13.8. The molecule has 0 fully saturated rings. The van der Waals surface area contributed by atoms with Gasteiger partial charge in [0, 0.05) is 24.0 Å². The number of anilines is 1. The molecule has 0 aliphatic rings. The second-order valence-electron chi connectivity index (χ2n) is 5.09. The number of amides is 1. The van der Waals surface area contributed by atoms with Crippen molar-refractivity contribution in [2.24, 2.45) is 0 Å². The number of carbonyl (C=O) groups excluding carboxylic acids is 1. The topological polar surface area (TPSA) is 54.0 Å². The van der Waals surface area contributed by atoms with E-state index in [9.17, 15) is 4.79 Å². The van der Waals surface area contributed by atoms with Crippen LogP contribution in [0.15, 0.2) is 12.3 Å². The van der Waals surface area contributed by atoms with Gasteiger partial charge in [-0.05, 0) is 40.2 Å². The van der Waals surface area contributed by atoms with Gasteiger partial charge in [-0.25, -0.2) is 0 Å². The third-order valence-electron chi connectivity index (χ3n) is 2.99. The molecule has 0 radical (unpaired) electrons. The number of pyridine rings is 1. The van der Waals surface area contributed by atoms with Gasteiger partial charge in [0.25, 0.3) is 5.91 Å². The van der Waals surface area contributed by atoms with E-state index in [0.717, 1.165) is 24.3 Å². The molecule has 0 spiro atoms. The Hall–Kier alpha value is -1.58. The fourth-order valence-corrected chi connectivity index (χ4v) is 1.54. The number of aromatic nitrogens is 1. The van der Waals surface area contributed by atoms with E-state index in [4.69, 9.17) is 0 Å². The van der Waals surface area contributed by atoms with Gasteiger partial charge in [0.2, 0.25) is 0 Å². The van der Waals surface area contributed by atoms with Crippen LogP contribution in [0.1, 0.15) is 50.2 Å². The van der Waals surface area contributed by atoms with Crippen LogP contribution in [0.3, 0.4) is 0 Å². The van der Waals surface area contributed by atoms with Crippen LogP contribution in [0.5, 0.6) is 0 Å². The average Bonchev–Trinajstić information content (AvgIpc) is 2.29. The van der Waals surface area contributed by atoms with E-state index in [0.29, 0.717) is 5.56 Å². The van der Waals surface area contributed by atoms with Crippen molar-refractivity contribution in [3.63, 3.8) is 0 Å². The molecule has 1 rings (SSSR count). The smallest absolute Gasteiger partial charge is 0.255 e. The first-order valence-corrected chi connectivity index (χ1v) is 6.42. The minimum absolute atomic E-state index is 0.0784. The predicted octanol–water partition coefficient (Wildman–Crippen LogP) is 2.74. The SMILES string of the molecule is CCNc1cc(C)ncc1C(=O)NC(C)(C)CC. The highest BCUT2D eigenvalue weighted by molar-refractivity contribution is 5.99. The molecule has 100 valence electrons. The maximum absolute atomic E-state index is 12.2. The maximum Gasteiger partial charge on any atom is 0.255 e. The van der Waals surface area contributed by atoms with Gasteiger partial charge in [-0.3, -0.25) is 9.78 Å². The number of nitrogens with one attached hydrogen (secondary N) is 2. The first kappa shape index (κ1) is 14.5. The Morgan fingerprint density at radius 2 is 2.06 bits per heavy atom. The molecule has 1 aromatic heterocycles. The van der Waals surface area contributed by atoms with Crippen LogP contribution < -0.4 is 10.6 Å². The molecule has 1 heterocycles. The molecule has 18 heavy (non-hydrogen) atoms. The van der Waals surface area contributed by atoms with Gasteiger partial charge in [-0.1, -0.05) is 6.92 Å². The second-order valence-corrected chi connectivity index (χ2v) is 5.09. The molecule has 1 aromatic rings. The van der Waals surface area contributed by atoms with Crippen molar-refractivity contribution in [3.05, 3.63) is 23.5 Å². The normalized spacial score (nSPS) is 11.2. The molecule has 0 aliphatic carbocycles. The third kappa shape index (κ3) is 3.72. The van der Waals surface area contributed by atoms with Gasteiger partial charge in [-0.2, -0.15) is 0 Å². The molecular formula is C14H23N3O. The van der Waals surface area contributed by atoms with Crippen LogP contribution in [0, 0.1) is 6.92 Å². The number of hydrogen-bond acceptors (Lipinski definition) is 3. The fraction of sp³-hybridized carbons (Fsp3) is 0.571. The largest absolute Gasteiger partial charge is 0.385 e. The van der Waals surface area contributed by atoms with E-state index in [-0.39, 0.29) is 11.4 Å². The first-order valence-electron chi connectivity index (χ1n) is 6.42. The molecule has 4 nitrogen and oxygen atoms in total. The van der Waals surface area contributed by atoms with Crippen LogP contribution in [0.25, 0.3) is 0 Å². The average molecular weight is 249 g/mol. The van der Waals surface area contributed by atoms with E-state index in [1.165, 1.54) is 0 Å². The van der Waals surface area contributed by atoms with E-state index < -0.39 is 0 Å². The summed E-state index contributed by atoms with van der Waals surface area (Å²) in [5.74, 6) is -0.0784. The number of nitrogens with zero attached hydrogens (tertiary/aromatic N) is 1. The van der Waals surface area contributed by atoms with Crippen LogP contribution in [-0.2, 0) is 0 Å². The molecule has 0 aliphatic heterocycles. The summed E-state index contributed by atoms with van der Waals surface area (Å²) < 4.78 is 0. The molecule has 1 amide bonds. The zero-order valence-electron chi connectivity index (χ0n) is 11.9. The highest BCUT2D eigenvalue weighted by Crippen LogP contribution is 2.17. The minimum Gasteiger partial charge on any atom is -0.385 e. The summed E-state index contributed by atoms with van der Waals surface area (Å²) in [4.78, 5) is 16.4. The van der Waals surface area contributed by atoms with Gasteiger partial charge < -0.3 is 10.6 Å². The van der Waals surface area contributed by atoms with Crippen molar-refractivity contribution in [2.75, 3.05) is 11.9 Å². The first-order chi connectivity index (χ1) is 8.39. The molecule has 0 atom stereocenters. The van der Waals surface area contributed by atoms with E-state index in [1.807, 2.05) is 33.8 Å². The lowest BCUT2D eigenvalue weighted by molar-refractivity contribution is 0.0911. The Morgan fingerprint density at radius 3 is 2.61 bits per heavy atom. The lowest BCUT2D eigenvalue weighted by atomic mass is 10.0. The second kappa shape index (κ2) is 5.85. The monoisotopic (exact) mass is 249 g/mol. The number of carbonyl (C=O) groups is 1. The van der Waals surface area contributed by atoms with Gasteiger partial charge in [0.05, 0.1) is 11.3 Å². The predicted molar refractivity (Wildman–Crippen MR) is 75.0 cm³/mol. The minimum atomic E-state index is -0.203. The number of aryl methyl sites for hydroxylation is 1. The number of hydrogen-bond donors (Lipinski definition) is 2. The van der Waals surface area contributed by atoms with Crippen molar-refractivity contribution in [3.8, 4) is 0 Å². The molecule has 0 saturated heterocycles. The summed E-state index contributed by atoms with van der Waals surface area (Å²) in [6, 6.07) is 1.90. The van der Waals surface area contributed by atoms with Crippen molar-refractivity contribution in [1.82, 2.24) is 10.3 Å². The molecular weight excluding hydrogens is 226 g/mol. The standard InChI is InChI=1S/C14H23N3O/c1-6-14(4,5)17-13(18)11-9-16-10(3)8-12(11)15-7-2/h8-9H,6-7H2,1-5H3,(H,15,16)(H,17,18). The molecule has 0 saturated carbocycles. The van der Waals surface area contributed by atoms with Crippen molar-refractivity contribution in [1.29, 1.82) is 0 Å². The van der Waals surface area contributed by atoms with Crippen molar-refractivity contribution in [2.45, 2.75) is 46.6 Å².